The van der Waals surface area contributed by atoms with Crippen molar-refractivity contribution in [2.45, 2.75) is 32.5 Å². The first-order valence-electron chi connectivity index (χ1n) is 10.4. The number of aromatic amines is 1. The molecule has 3 heterocycles. The van der Waals surface area contributed by atoms with Gasteiger partial charge in [0.2, 0.25) is 0 Å². The molecule has 6 nitrogen and oxygen atoms in total. The van der Waals surface area contributed by atoms with Crippen LogP contribution in [0.15, 0.2) is 58.3 Å². The zero-order valence-corrected chi connectivity index (χ0v) is 20.2. The molecule has 0 radical (unpaired) electrons. The van der Waals surface area contributed by atoms with Gasteiger partial charge in [0.05, 0.1) is 16.8 Å². The van der Waals surface area contributed by atoms with E-state index in [0.29, 0.717) is 37.9 Å². The SMILES string of the molecule is C=CCn1c(SCC(=O)c2[nH]c(C)c(C(C)=O)c2C)nc2scc(-c3ccccc3)c2c1=O. The summed E-state index contributed by atoms with van der Waals surface area (Å²) in [5.41, 5.74) is 3.98. The number of benzene rings is 1. The second-order valence-corrected chi connectivity index (χ2v) is 9.49. The van der Waals surface area contributed by atoms with Crippen molar-refractivity contribution < 1.29 is 9.59 Å². The molecule has 1 aromatic carbocycles. The molecule has 0 aliphatic rings. The van der Waals surface area contributed by atoms with Crippen molar-refractivity contribution in [2.24, 2.45) is 0 Å². The third-order valence-corrected chi connectivity index (χ3v) is 7.30. The fourth-order valence-corrected chi connectivity index (χ4v) is 5.86. The first-order chi connectivity index (χ1) is 15.8. The van der Waals surface area contributed by atoms with E-state index in [1.54, 1.807) is 24.5 Å². The van der Waals surface area contributed by atoms with Crippen molar-refractivity contribution >= 4 is 44.9 Å². The van der Waals surface area contributed by atoms with Crippen LogP contribution < -0.4 is 5.56 Å². The average molecular weight is 478 g/mol. The van der Waals surface area contributed by atoms with Crippen LogP contribution in [0, 0.1) is 13.8 Å². The molecule has 0 atom stereocenters. The first kappa shape index (κ1) is 22.9. The minimum absolute atomic E-state index is 0.0770. The van der Waals surface area contributed by atoms with Crippen molar-refractivity contribution in [3.8, 4) is 11.1 Å². The molecule has 8 heteroatoms. The van der Waals surface area contributed by atoms with E-state index in [-0.39, 0.29) is 29.4 Å². The molecular weight excluding hydrogens is 454 g/mol. The molecule has 0 unspecified atom stereocenters. The summed E-state index contributed by atoms with van der Waals surface area (Å²) in [6.07, 6.45) is 1.65. The highest BCUT2D eigenvalue weighted by molar-refractivity contribution is 7.99. The molecule has 4 aromatic rings. The summed E-state index contributed by atoms with van der Waals surface area (Å²) in [5.74, 6) is -0.139. The van der Waals surface area contributed by atoms with E-state index in [0.717, 1.165) is 11.1 Å². The van der Waals surface area contributed by atoms with E-state index in [1.165, 1.54) is 30.0 Å². The zero-order valence-electron chi connectivity index (χ0n) is 18.6. The third kappa shape index (κ3) is 4.24. The number of thioether (sulfide) groups is 1. The molecule has 0 fully saturated rings. The maximum absolute atomic E-state index is 13.4. The summed E-state index contributed by atoms with van der Waals surface area (Å²) < 4.78 is 1.56. The zero-order chi connectivity index (χ0) is 23.7. The van der Waals surface area contributed by atoms with E-state index in [1.807, 2.05) is 35.7 Å². The van der Waals surface area contributed by atoms with Gasteiger partial charge >= 0.3 is 0 Å². The lowest BCUT2D eigenvalue weighted by Gasteiger charge is -2.10. The molecule has 0 amide bonds. The molecule has 0 saturated heterocycles. The number of Topliss-reactive ketones (excluding diaryl/α,β-unsaturated/α-hetero) is 2. The Morgan fingerprint density at radius 1 is 1.24 bits per heavy atom. The van der Waals surface area contributed by atoms with E-state index < -0.39 is 0 Å². The van der Waals surface area contributed by atoms with Crippen LogP contribution in [0.4, 0.5) is 0 Å². The summed E-state index contributed by atoms with van der Waals surface area (Å²) in [6, 6.07) is 9.75. The average Bonchev–Trinajstić information content (AvgIpc) is 3.35. The van der Waals surface area contributed by atoms with Gasteiger partial charge in [0, 0.05) is 28.7 Å². The molecular formula is C25H23N3O3S2. The Morgan fingerprint density at radius 2 is 1.97 bits per heavy atom. The highest BCUT2D eigenvalue weighted by Gasteiger charge is 2.22. The van der Waals surface area contributed by atoms with Crippen molar-refractivity contribution in [2.75, 3.05) is 5.75 Å². The molecule has 0 aliphatic carbocycles. The molecule has 0 bridgehead atoms. The number of carbonyl (C=O) groups is 2. The minimum Gasteiger partial charge on any atom is -0.355 e. The molecule has 168 valence electrons. The van der Waals surface area contributed by atoms with E-state index in [4.69, 9.17) is 4.98 Å². The Balaban J connectivity index is 1.70. The molecule has 0 aliphatic heterocycles. The number of aryl methyl sites for hydroxylation is 1. The van der Waals surface area contributed by atoms with E-state index >= 15 is 0 Å². The lowest BCUT2D eigenvalue weighted by molar-refractivity contribution is 0.101. The largest absolute Gasteiger partial charge is 0.355 e. The quantitative estimate of drug-likeness (QED) is 0.158. The molecule has 1 N–H and O–H groups in total. The Bertz CT molecular complexity index is 1450. The van der Waals surface area contributed by atoms with Crippen LogP contribution in [0.1, 0.15) is 39.0 Å². The van der Waals surface area contributed by atoms with Crippen molar-refractivity contribution in [1.82, 2.24) is 14.5 Å². The van der Waals surface area contributed by atoms with Crippen LogP contribution in [0.25, 0.3) is 21.3 Å². The van der Waals surface area contributed by atoms with Crippen LogP contribution in [0.2, 0.25) is 0 Å². The van der Waals surface area contributed by atoms with Gasteiger partial charge in [-0.15, -0.1) is 17.9 Å². The Kier molecular flexibility index (Phi) is 6.49. The highest BCUT2D eigenvalue weighted by atomic mass is 32.2. The Labute approximate surface area is 199 Å². The van der Waals surface area contributed by atoms with Gasteiger partial charge in [0.25, 0.3) is 5.56 Å². The van der Waals surface area contributed by atoms with Crippen molar-refractivity contribution in [3.05, 3.63) is 81.2 Å². The topological polar surface area (TPSA) is 84.8 Å². The normalized spacial score (nSPS) is 11.1. The summed E-state index contributed by atoms with van der Waals surface area (Å²) in [5, 5.41) is 2.99. The van der Waals surface area contributed by atoms with Crippen LogP contribution in [-0.2, 0) is 6.54 Å². The molecule has 0 saturated carbocycles. The molecule has 3 aromatic heterocycles. The minimum atomic E-state index is -0.152. The van der Waals surface area contributed by atoms with Crippen LogP contribution in [-0.4, -0.2) is 31.9 Å². The number of hydrogen-bond donors (Lipinski definition) is 1. The number of allylic oxidation sites excluding steroid dienone is 1. The molecule has 33 heavy (non-hydrogen) atoms. The van der Waals surface area contributed by atoms with Gasteiger partial charge in [-0.25, -0.2) is 4.98 Å². The predicted molar refractivity (Wildman–Crippen MR) is 135 cm³/mol. The number of thiophene rings is 1. The smallest absolute Gasteiger partial charge is 0.263 e. The maximum atomic E-state index is 13.4. The Morgan fingerprint density at radius 3 is 2.61 bits per heavy atom. The summed E-state index contributed by atoms with van der Waals surface area (Å²) in [4.78, 5) is 46.7. The van der Waals surface area contributed by atoms with Gasteiger partial charge in [0.15, 0.2) is 16.7 Å². The fraction of sp³-hybridized carbons (Fsp3) is 0.200. The second-order valence-electron chi connectivity index (χ2n) is 7.69. The van der Waals surface area contributed by atoms with Crippen molar-refractivity contribution in [3.63, 3.8) is 0 Å². The standard InChI is InChI=1S/C25H23N3O3S2/c1-5-11-28-24(31)21-18(17-9-7-6-8-10-17)12-32-23(21)27-25(28)33-13-19(30)22-14(2)20(16(4)29)15(3)26-22/h5-10,12,26H,1,11,13H2,2-4H3. The highest BCUT2D eigenvalue weighted by Crippen LogP contribution is 2.32. The van der Waals surface area contributed by atoms with Crippen LogP contribution in [0.3, 0.4) is 0 Å². The van der Waals surface area contributed by atoms with Gasteiger partial charge in [-0.3, -0.25) is 19.0 Å². The summed E-state index contributed by atoms with van der Waals surface area (Å²) >= 11 is 2.63. The number of ketones is 2. The van der Waals surface area contributed by atoms with Gasteiger partial charge in [0.1, 0.15) is 4.83 Å². The number of rotatable bonds is 8. The van der Waals surface area contributed by atoms with Gasteiger partial charge in [-0.05, 0) is 31.9 Å². The number of hydrogen-bond acceptors (Lipinski definition) is 6. The monoisotopic (exact) mass is 477 g/mol. The number of carbonyl (C=O) groups excluding carboxylic acids is 2. The number of fused-ring (bicyclic) bond motifs is 1. The van der Waals surface area contributed by atoms with E-state index in [2.05, 4.69) is 11.6 Å². The lowest BCUT2D eigenvalue weighted by atomic mass is 10.1. The number of nitrogens with zero attached hydrogens (tertiary/aromatic N) is 2. The number of aromatic nitrogens is 3. The third-order valence-electron chi connectivity index (χ3n) is 5.46. The van der Waals surface area contributed by atoms with Crippen molar-refractivity contribution in [1.29, 1.82) is 0 Å². The summed E-state index contributed by atoms with van der Waals surface area (Å²) in [7, 11) is 0. The molecule has 4 rings (SSSR count). The first-order valence-corrected chi connectivity index (χ1v) is 12.2. The number of H-pyrrole nitrogens is 1. The van der Waals surface area contributed by atoms with E-state index in [9.17, 15) is 14.4 Å². The van der Waals surface area contributed by atoms with Gasteiger partial charge in [-0.2, -0.15) is 0 Å². The lowest BCUT2D eigenvalue weighted by Crippen LogP contribution is -2.23. The molecule has 0 spiro atoms. The number of nitrogens with one attached hydrogen (secondary N) is 1. The summed E-state index contributed by atoms with van der Waals surface area (Å²) in [6.45, 7) is 9.11. The maximum Gasteiger partial charge on any atom is 0.263 e. The van der Waals surface area contributed by atoms with Crippen LogP contribution in [0.5, 0.6) is 0 Å². The second kappa shape index (κ2) is 9.33. The van der Waals surface area contributed by atoms with Gasteiger partial charge < -0.3 is 4.98 Å². The van der Waals surface area contributed by atoms with Gasteiger partial charge in [-0.1, -0.05) is 48.2 Å². The fourth-order valence-electron chi connectivity index (χ4n) is 4.00. The predicted octanol–water partition coefficient (Wildman–Crippen LogP) is 5.43. The van der Waals surface area contributed by atoms with Crippen LogP contribution >= 0.6 is 23.1 Å². The Hall–Kier alpha value is -3.23.